The summed E-state index contributed by atoms with van der Waals surface area (Å²) in [5, 5.41) is 8.34. The number of aryl methyl sites for hydroxylation is 2. The third kappa shape index (κ3) is 8.98. The number of carboxylic acid groups (broad SMARTS) is 1. The van der Waals surface area contributed by atoms with Crippen LogP contribution in [-0.4, -0.2) is 69.8 Å². The minimum atomic E-state index is -0.817. The number of thioether (sulfide) groups is 1. The van der Waals surface area contributed by atoms with E-state index in [0.29, 0.717) is 31.3 Å². The number of nitrogens with zero attached hydrogens (tertiary/aromatic N) is 1. The molecule has 2 rings (SSSR count). The Balaban J connectivity index is 0.00000420. The van der Waals surface area contributed by atoms with Crippen LogP contribution in [0, 0.1) is 18.8 Å². The van der Waals surface area contributed by atoms with E-state index in [1.54, 1.807) is 6.92 Å². The number of hydrogen-bond acceptors (Lipinski definition) is 5. The van der Waals surface area contributed by atoms with Crippen LogP contribution in [0.4, 0.5) is 0 Å². The summed E-state index contributed by atoms with van der Waals surface area (Å²) >= 11 is 1.30. The van der Waals surface area contributed by atoms with Crippen molar-refractivity contribution in [1.29, 1.82) is 0 Å². The van der Waals surface area contributed by atoms with E-state index in [9.17, 15) is 4.79 Å². The van der Waals surface area contributed by atoms with Crippen molar-refractivity contribution in [3.63, 3.8) is 0 Å². The van der Waals surface area contributed by atoms with E-state index >= 15 is 0 Å². The van der Waals surface area contributed by atoms with Gasteiger partial charge in [0.05, 0.1) is 18.1 Å². The molecule has 0 aliphatic carbocycles. The Morgan fingerprint density at radius 1 is 1.28 bits per heavy atom. The summed E-state index contributed by atoms with van der Waals surface area (Å²) in [4.78, 5) is 15.3. The van der Waals surface area contributed by atoms with Gasteiger partial charge in [0, 0.05) is 12.0 Å². The van der Waals surface area contributed by atoms with Crippen LogP contribution in [0.1, 0.15) is 37.3 Å². The van der Waals surface area contributed by atoms with Gasteiger partial charge in [-0.1, -0.05) is 37.3 Å². The molecule has 0 saturated carbocycles. The van der Waals surface area contributed by atoms with Crippen molar-refractivity contribution in [2.75, 3.05) is 19.0 Å². The van der Waals surface area contributed by atoms with Crippen molar-refractivity contribution in [2.24, 2.45) is 0 Å². The average Bonchev–Trinajstić information content (AvgIpc) is 3.05. The third-order valence-corrected chi connectivity index (χ3v) is 5.18. The van der Waals surface area contributed by atoms with Crippen LogP contribution in [0.3, 0.4) is 0 Å². The molecule has 152 valence electrons. The topological polar surface area (TPSA) is 72.6 Å². The summed E-state index contributed by atoms with van der Waals surface area (Å²) in [7, 11) is 0. The van der Waals surface area contributed by atoms with E-state index in [1.807, 2.05) is 6.92 Å². The second-order valence-electron chi connectivity index (χ2n) is 6.42. The summed E-state index contributed by atoms with van der Waals surface area (Å²) in [6, 6.07) is 8.34. The zero-order valence-corrected chi connectivity index (χ0v) is 17.5. The summed E-state index contributed by atoms with van der Waals surface area (Å²) in [6.07, 6.45) is 2.87. The molecule has 0 unspecified atom stereocenters. The van der Waals surface area contributed by atoms with Gasteiger partial charge in [-0.2, -0.15) is 0 Å². The molecule has 1 aromatic heterocycles. The Bertz CT molecular complexity index is 824. The second-order valence-corrected chi connectivity index (χ2v) is 7.75. The van der Waals surface area contributed by atoms with Crippen LogP contribution < -0.4 is 0 Å². The van der Waals surface area contributed by atoms with Crippen molar-refractivity contribution in [2.45, 2.75) is 45.3 Å². The second kappa shape index (κ2) is 13.9. The fourth-order valence-corrected chi connectivity index (χ4v) is 3.10. The molecule has 29 heavy (non-hydrogen) atoms. The van der Waals surface area contributed by atoms with E-state index in [1.165, 1.54) is 17.3 Å². The zero-order chi connectivity index (χ0) is 20.4. The Hall–Kier alpha value is -1.23. The first-order valence-corrected chi connectivity index (χ1v) is 10.5. The van der Waals surface area contributed by atoms with Crippen LogP contribution in [0.25, 0.3) is 11.5 Å². The van der Waals surface area contributed by atoms with Crippen molar-refractivity contribution in [3.05, 3.63) is 41.3 Å². The van der Waals surface area contributed by atoms with Gasteiger partial charge >= 0.3 is 35.5 Å². The van der Waals surface area contributed by atoms with Crippen molar-refractivity contribution >= 4 is 47.3 Å². The number of aromatic nitrogens is 1. The van der Waals surface area contributed by atoms with Crippen molar-refractivity contribution in [1.82, 2.24) is 4.98 Å². The molecule has 2 aromatic rings. The van der Waals surface area contributed by atoms with Gasteiger partial charge in [0.1, 0.15) is 17.6 Å². The number of hydrogen-bond donors (Lipinski definition) is 1. The summed E-state index contributed by atoms with van der Waals surface area (Å²) < 4.78 is 11.3. The first-order valence-electron chi connectivity index (χ1n) is 9.44. The standard InChI is InChI=1S/C22H27NO4S.Na.H/c1-4-7-18-8-10-19(11-9-18)21-23-20(16(2)27-21)12-14-26-13-5-6-15-28-17(3)22(24)25;;/h8-11,17H,4,7,12-15H2,1-3H3,(H,24,25);;/t17-;;/m0../s1. The maximum absolute atomic E-state index is 10.7. The van der Waals surface area contributed by atoms with Gasteiger partial charge < -0.3 is 14.3 Å². The van der Waals surface area contributed by atoms with Crippen molar-refractivity contribution < 1.29 is 19.1 Å². The minimum absolute atomic E-state index is 0. The SMILES string of the molecule is CCCc1ccc(-c2nc(CCOCC#CCS[C@@H](C)C(=O)O)c(C)o2)cc1.[NaH]. The molecule has 5 nitrogen and oxygen atoms in total. The van der Waals surface area contributed by atoms with Gasteiger partial charge in [0.15, 0.2) is 0 Å². The molecule has 0 spiro atoms. The average molecular weight is 426 g/mol. The summed E-state index contributed by atoms with van der Waals surface area (Å²) in [5.74, 6) is 6.92. The number of carboxylic acids is 1. The molecule has 0 aliphatic heterocycles. The predicted octanol–water partition coefficient (Wildman–Crippen LogP) is 3.72. The molecule has 7 heteroatoms. The van der Waals surface area contributed by atoms with Crippen LogP contribution >= 0.6 is 11.8 Å². The Labute approximate surface area is 199 Å². The molecule has 1 atom stereocenters. The Morgan fingerprint density at radius 3 is 2.66 bits per heavy atom. The molecule has 0 saturated heterocycles. The summed E-state index contributed by atoms with van der Waals surface area (Å²) in [6.45, 7) is 6.57. The van der Waals surface area contributed by atoms with Gasteiger partial charge in [-0.05, 0) is 38.0 Å². The maximum atomic E-state index is 10.7. The molecule has 1 aromatic carbocycles. The molecule has 0 radical (unpaired) electrons. The zero-order valence-electron chi connectivity index (χ0n) is 16.7. The third-order valence-electron chi connectivity index (χ3n) is 4.17. The van der Waals surface area contributed by atoms with Crippen LogP contribution in [0.15, 0.2) is 28.7 Å². The van der Waals surface area contributed by atoms with Crippen LogP contribution in [-0.2, 0) is 22.4 Å². The number of aliphatic carboxylic acids is 1. The van der Waals surface area contributed by atoms with Gasteiger partial charge in [0.25, 0.3) is 0 Å². The number of benzene rings is 1. The number of ether oxygens (including phenoxy) is 1. The van der Waals surface area contributed by atoms with Gasteiger partial charge in [-0.15, -0.1) is 11.8 Å². The molecule has 0 fully saturated rings. The molecule has 0 aliphatic rings. The molecular formula is C22H28NNaO4S. The number of rotatable bonds is 10. The van der Waals surface area contributed by atoms with Gasteiger partial charge in [-0.25, -0.2) is 4.98 Å². The molecule has 0 amide bonds. The Morgan fingerprint density at radius 2 is 2.00 bits per heavy atom. The monoisotopic (exact) mass is 425 g/mol. The van der Waals surface area contributed by atoms with E-state index in [0.717, 1.165) is 29.9 Å². The predicted molar refractivity (Wildman–Crippen MR) is 120 cm³/mol. The first-order chi connectivity index (χ1) is 13.5. The molecule has 1 N–H and O–H groups in total. The van der Waals surface area contributed by atoms with Gasteiger partial charge in [-0.3, -0.25) is 4.79 Å². The molecule has 1 heterocycles. The summed E-state index contributed by atoms with van der Waals surface area (Å²) in [5.41, 5.74) is 3.19. The fraction of sp³-hybridized carbons (Fsp3) is 0.455. The molecule has 0 bridgehead atoms. The van der Waals surface area contributed by atoms with E-state index in [-0.39, 0.29) is 29.6 Å². The van der Waals surface area contributed by atoms with Crippen molar-refractivity contribution in [3.8, 4) is 23.3 Å². The normalized spacial score (nSPS) is 11.3. The number of oxazole rings is 1. The molecular weight excluding hydrogens is 397 g/mol. The van der Waals surface area contributed by atoms with Crippen LogP contribution in [0.5, 0.6) is 0 Å². The quantitative estimate of drug-likeness (QED) is 0.355. The Kier molecular flexibility index (Phi) is 12.4. The fourth-order valence-electron chi connectivity index (χ4n) is 2.52. The van der Waals surface area contributed by atoms with Gasteiger partial charge in [0.2, 0.25) is 5.89 Å². The van der Waals surface area contributed by atoms with E-state index < -0.39 is 11.2 Å². The van der Waals surface area contributed by atoms with Crippen LogP contribution in [0.2, 0.25) is 0 Å². The first kappa shape index (κ1) is 25.8. The number of carbonyl (C=O) groups is 1. The van der Waals surface area contributed by atoms with E-state index in [2.05, 4.69) is 48.0 Å². The van der Waals surface area contributed by atoms with E-state index in [4.69, 9.17) is 14.3 Å².